The summed E-state index contributed by atoms with van der Waals surface area (Å²) in [6.45, 7) is 2.58. The summed E-state index contributed by atoms with van der Waals surface area (Å²) in [4.78, 5) is 14.3. The first-order chi connectivity index (χ1) is 23.6. The summed E-state index contributed by atoms with van der Waals surface area (Å²) in [7, 11) is 0. The first kappa shape index (κ1) is 33.9. The third kappa shape index (κ3) is 8.15. The summed E-state index contributed by atoms with van der Waals surface area (Å²) < 4.78 is 8.25. The predicted octanol–water partition coefficient (Wildman–Crippen LogP) is 10.8. The molecule has 0 spiro atoms. The van der Waals surface area contributed by atoms with Gasteiger partial charge in [0.2, 0.25) is 0 Å². The van der Waals surface area contributed by atoms with Crippen molar-refractivity contribution in [3.63, 3.8) is 0 Å². The number of aromatic nitrogens is 1. The standard InChI is InChI=1S/C44H49NO2S/c1-2-3-4-13-23-35-24-15-16-27-38(35)43(48)45-40-30-29-37(44(46)47-32-34-21-11-6-12-22-34)31-39(40)42-36(26-17-28-41(42)45)25-14-7-10-20-33-18-8-5-9-19-33/h5-6,8-9,11-12,15-19,21-22,24,26-28,37H,2-4,7,10,13-14,20,23,25,29-32H2,1H3. The second kappa shape index (κ2) is 16.9. The minimum Gasteiger partial charge on any atom is -0.461 e. The van der Waals surface area contributed by atoms with Crippen LogP contribution in [0.15, 0.2) is 103 Å². The second-order valence-electron chi connectivity index (χ2n) is 13.4. The van der Waals surface area contributed by atoms with Crippen LogP contribution in [0.25, 0.3) is 10.9 Å². The van der Waals surface area contributed by atoms with Crippen molar-refractivity contribution in [3.8, 4) is 0 Å². The Bertz CT molecular complexity index is 1810. The topological polar surface area (TPSA) is 31.2 Å². The van der Waals surface area contributed by atoms with Crippen molar-refractivity contribution in [1.82, 2.24) is 4.57 Å². The smallest absolute Gasteiger partial charge is 0.309 e. The number of nitrogens with zero attached hydrogens (tertiary/aromatic N) is 1. The van der Waals surface area contributed by atoms with E-state index in [9.17, 15) is 4.79 Å². The fourth-order valence-corrected chi connectivity index (χ4v) is 7.86. The number of rotatable bonds is 15. The molecular weight excluding hydrogens is 607 g/mol. The highest BCUT2D eigenvalue weighted by molar-refractivity contribution is 7.80. The number of hydrogen-bond acceptors (Lipinski definition) is 3. The van der Waals surface area contributed by atoms with E-state index in [0.29, 0.717) is 13.0 Å². The fourth-order valence-electron chi connectivity index (χ4n) is 7.45. The molecule has 4 aromatic carbocycles. The number of aryl methyl sites for hydroxylation is 3. The van der Waals surface area contributed by atoms with Crippen LogP contribution in [0.1, 0.15) is 97.4 Å². The number of carbonyl (C=O) groups excluding carboxylic acids is 1. The van der Waals surface area contributed by atoms with Gasteiger partial charge in [-0.15, -0.1) is 0 Å². The van der Waals surface area contributed by atoms with Gasteiger partial charge in [0.1, 0.15) is 11.6 Å². The number of thiocarbonyl (C=S) groups is 1. The molecule has 0 bridgehead atoms. The van der Waals surface area contributed by atoms with Crippen molar-refractivity contribution >= 4 is 34.1 Å². The van der Waals surface area contributed by atoms with E-state index in [1.165, 1.54) is 82.9 Å². The molecule has 0 N–H and O–H groups in total. The number of fused-ring (bicyclic) bond motifs is 3. The molecule has 48 heavy (non-hydrogen) atoms. The van der Waals surface area contributed by atoms with Gasteiger partial charge in [0.05, 0.1) is 11.4 Å². The molecule has 0 saturated heterocycles. The van der Waals surface area contributed by atoms with Crippen molar-refractivity contribution in [3.05, 3.63) is 142 Å². The molecule has 1 aliphatic rings. The number of hydrogen-bond donors (Lipinski definition) is 0. The SMILES string of the molecule is CCCCCCc1ccccc1C(=S)n1c2c(c3c(CCCCCc4ccccc4)cccc31)CC(C(=O)OCc1ccccc1)CC2. The van der Waals surface area contributed by atoms with Crippen molar-refractivity contribution in [2.45, 2.75) is 97.0 Å². The minimum absolute atomic E-state index is 0.0937. The molecule has 6 rings (SSSR count). The number of ether oxygens (including phenoxy) is 1. The quantitative estimate of drug-likeness (QED) is 0.0639. The zero-order chi connectivity index (χ0) is 33.1. The zero-order valence-electron chi connectivity index (χ0n) is 28.5. The monoisotopic (exact) mass is 655 g/mol. The van der Waals surface area contributed by atoms with Gasteiger partial charge >= 0.3 is 5.97 Å². The molecule has 1 unspecified atom stereocenters. The van der Waals surface area contributed by atoms with Crippen LogP contribution in [0.3, 0.4) is 0 Å². The van der Waals surface area contributed by atoms with E-state index >= 15 is 0 Å². The molecule has 1 heterocycles. The van der Waals surface area contributed by atoms with Gasteiger partial charge in [-0.2, -0.15) is 0 Å². The van der Waals surface area contributed by atoms with Crippen LogP contribution in [0.2, 0.25) is 0 Å². The van der Waals surface area contributed by atoms with Gasteiger partial charge < -0.3 is 9.30 Å². The van der Waals surface area contributed by atoms with E-state index in [1.807, 2.05) is 30.3 Å². The van der Waals surface area contributed by atoms with Crippen LogP contribution < -0.4 is 0 Å². The van der Waals surface area contributed by atoms with Crippen LogP contribution in [0.4, 0.5) is 0 Å². The van der Waals surface area contributed by atoms with Crippen LogP contribution in [-0.2, 0) is 48.2 Å². The number of carbonyl (C=O) groups is 1. The highest BCUT2D eigenvalue weighted by Gasteiger charge is 2.32. The summed E-state index contributed by atoms with van der Waals surface area (Å²) in [5.74, 6) is -0.248. The summed E-state index contributed by atoms with van der Waals surface area (Å²) in [6.07, 6.45) is 13.9. The van der Waals surface area contributed by atoms with Gasteiger partial charge in [0, 0.05) is 16.6 Å². The Labute approximate surface area is 292 Å². The summed E-state index contributed by atoms with van der Waals surface area (Å²) in [5, 5.41) is 1.30. The van der Waals surface area contributed by atoms with Crippen molar-refractivity contribution in [1.29, 1.82) is 0 Å². The molecule has 5 aromatic rings. The van der Waals surface area contributed by atoms with Gasteiger partial charge in [0.15, 0.2) is 0 Å². The summed E-state index contributed by atoms with van der Waals surface area (Å²) >= 11 is 6.40. The van der Waals surface area contributed by atoms with E-state index in [1.54, 1.807) is 0 Å². The molecular formula is C44H49NO2S. The molecule has 1 aliphatic carbocycles. The molecule has 0 aliphatic heterocycles. The number of esters is 1. The van der Waals surface area contributed by atoms with E-state index in [4.69, 9.17) is 17.0 Å². The lowest BCUT2D eigenvalue weighted by Crippen LogP contribution is -2.26. The van der Waals surface area contributed by atoms with Gasteiger partial charge in [0.25, 0.3) is 0 Å². The highest BCUT2D eigenvalue weighted by Crippen LogP contribution is 2.38. The molecule has 0 radical (unpaired) electrons. The maximum atomic E-state index is 13.5. The lowest BCUT2D eigenvalue weighted by Gasteiger charge is -2.24. The third-order valence-corrected chi connectivity index (χ3v) is 10.4. The molecule has 1 atom stereocenters. The van der Waals surface area contributed by atoms with Crippen LogP contribution in [0, 0.1) is 5.92 Å². The number of unbranched alkanes of at least 4 members (excludes halogenated alkanes) is 5. The van der Waals surface area contributed by atoms with Gasteiger partial charge in [-0.1, -0.05) is 142 Å². The van der Waals surface area contributed by atoms with E-state index in [0.717, 1.165) is 49.1 Å². The highest BCUT2D eigenvalue weighted by atomic mass is 32.1. The largest absolute Gasteiger partial charge is 0.461 e. The Morgan fingerprint density at radius 3 is 2.15 bits per heavy atom. The maximum absolute atomic E-state index is 13.5. The van der Waals surface area contributed by atoms with E-state index < -0.39 is 0 Å². The molecule has 0 saturated carbocycles. The first-order valence-corrected chi connectivity index (χ1v) is 18.6. The lowest BCUT2D eigenvalue weighted by atomic mass is 9.85. The molecule has 248 valence electrons. The maximum Gasteiger partial charge on any atom is 0.309 e. The molecule has 4 heteroatoms. The summed E-state index contributed by atoms with van der Waals surface area (Å²) in [5.41, 5.74) is 10.1. The Morgan fingerprint density at radius 2 is 1.38 bits per heavy atom. The van der Waals surface area contributed by atoms with Crippen molar-refractivity contribution < 1.29 is 9.53 Å². The Balaban J connectivity index is 1.28. The molecule has 0 amide bonds. The average Bonchev–Trinajstić information content (AvgIpc) is 3.47. The number of benzene rings is 4. The van der Waals surface area contributed by atoms with Gasteiger partial charge in [-0.25, -0.2) is 0 Å². The van der Waals surface area contributed by atoms with Crippen molar-refractivity contribution in [2.75, 3.05) is 0 Å². The Morgan fingerprint density at radius 1 is 0.729 bits per heavy atom. The van der Waals surface area contributed by atoms with Crippen molar-refractivity contribution in [2.24, 2.45) is 5.92 Å². The Kier molecular flexibility index (Phi) is 11.9. The van der Waals surface area contributed by atoms with Crippen LogP contribution >= 0.6 is 12.2 Å². The molecule has 1 aromatic heterocycles. The van der Waals surface area contributed by atoms with Gasteiger partial charge in [-0.3, -0.25) is 4.79 Å². The predicted molar refractivity (Wildman–Crippen MR) is 203 cm³/mol. The van der Waals surface area contributed by atoms with Gasteiger partial charge in [-0.05, 0) is 91.7 Å². The zero-order valence-corrected chi connectivity index (χ0v) is 29.3. The van der Waals surface area contributed by atoms with Crippen LogP contribution in [0.5, 0.6) is 0 Å². The Hall–Kier alpha value is -4.02. The molecule has 3 nitrogen and oxygen atoms in total. The molecule has 0 fully saturated rings. The average molecular weight is 656 g/mol. The van der Waals surface area contributed by atoms with E-state index in [-0.39, 0.29) is 11.9 Å². The lowest BCUT2D eigenvalue weighted by molar-refractivity contribution is -0.150. The van der Waals surface area contributed by atoms with Crippen LogP contribution in [-0.4, -0.2) is 15.5 Å². The first-order valence-electron chi connectivity index (χ1n) is 18.1. The van der Waals surface area contributed by atoms with E-state index in [2.05, 4.69) is 84.3 Å². The second-order valence-corrected chi connectivity index (χ2v) is 13.8. The fraction of sp³-hybridized carbons (Fsp3) is 0.364. The normalized spacial score (nSPS) is 14.1. The summed E-state index contributed by atoms with van der Waals surface area (Å²) in [6, 6.07) is 36.2. The third-order valence-electron chi connectivity index (χ3n) is 10.0. The minimum atomic E-state index is -0.154.